The molecule has 0 bridgehead atoms. The Kier molecular flexibility index (Phi) is 9.50. The first-order valence-electron chi connectivity index (χ1n) is 20.1. The van der Waals surface area contributed by atoms with E-state index in [0.717, 1.165) is 81.2 Å². The van der Waals surface area contributed by atoms with Crippen LogP contribution in [-0.2, 0) is 17.8 Å². The van der Waals surface area contributed by atoms with Crippen molar-refractivity contribution in [1.29, 1.82) is 0 Å². The molecular formula is C46H51N5O4. The lowest BCUT2D eigenvalue weighted by Crippen LogP contribution is -2.49. The van der Waals surface area contributed by atoms with Crippen LogP contribution in [0, 0.1) is 5.92 Å². The summed E-state index contributed by atoms with van der Waals surface area (Å²) in [7, 11) is 0. The fourth-order valence-corrected chi connectivity index (χ4v) is 9.96. The highest BCUT2D eigenvalue weighted by molar-refractivity contribution is 6.01. The standard InChI is InChI=1S/C46H51N5O4/c1-30-2-17-43(45(54)47-30)51-29-35-26-37(10-15-42(35)46(51)55)50-24-22-48(23-25-50)28-31-18-20-49(21-19-31)36-8-3-33(4-9-36)44-40(32-5-11-38(52)12-6-32)14-7-34-27-39(53)13-16-41(34)44/h3-6,8-13,15-16,26-27,31,40,43-44,52-53H,1-2,7,14,17-25,28-29H2,(H,47,54)/t40-,43?,44+/m0/s1. The molecule has 0 spiro atoms. The number of allylic oxidation sites excluding steroid dienone is 1. The first-order chi connectivity index (χ1) is 26.8. The third kappa shape index (κ3) is 7.06. The molecule has 55 heavy (non-hydrogen) atoms. The lowest BCUT2D eigenvalue weighted by atomic mass is 9.69. The van der Waals surface area contributed by atoms with Crippen molar-refractivity contribution in [3.05, 3.63) is 131 Å². The maximum atomic E-state index is 13.2. The van der Waals surface area contributed by atoms with Crippen molar-refractivity contribution in [2.24, 2.45) is 5.92 Å². The van der Waals surface area contributed by atoms with Gasteiger partial charge < -0.3 is 30.2 Å². The fourth-order valence-electron chi connectivity index (χ4n) is 9.96. The van der Waals surface area contributed by atoms with Crippen LogP contribution in [0.2, 0.25) is 0 Å². The fraction of sp³-hybridized carbons (Fsp3) is 0.391. The molecular weight excluding hydrogens is 687 g/mol. The van der Waals surface area contributed by atoms with Crippen LogP contribution >= 0.6 is 0 Å². The lowest BCUT2D eigenvalue weighted by Gasteiger charge is -2.40. The molecule has 1 aliphatic carbocycles. The van der Waals surface area contributed by atoms with Crippen LogP contribution in [0.4, 0.5) is 11.4 Å². The van der Waals surface area contributed by atoms with E-state index in [1.54, 1.807) is 17.0 Å². The molecule has 0 radical (unpaired) electrons. The van der Waals surface area contributed by atoms with E-state index in [9.17, 15) is 19.8 Å². The molecule has 3 saturated heterocycles. The minimum absolute atomic E-state index is 0.0460. The van der Waals surface area contributed by atoms with Crippen molar-refractivity contribution in [2.75, 3.05) is 55.6 Å². The van der Waals surface area contributed by atoms with Gasteiger partial charge in [0.15, 0.2) is 0 Å². The third-order valence-electron chi connectivity index (χ3n) is 13.0. The molecule has 2 amide bonds. The molecule has 9 nitrogen and oxygen atoms in total. The summed E-state index contributed by atoms with van der Waals surface area (Å²) in [5, 5.41) is 23.0. The number of phenolic OH excluding ortho intramolecular Hbond substituents is 2. The predicted octanol–water partition coefficient (Wildman–Crippen LogP) is 6.75. The van der Waals surface area contributed by atoms with Gasteiger partial charge in [-0.15, -0.1) is 0 Å². The molecule has 9 rings (SSSR count). The van der Waals surface area contributed by atoms with Gasteiger partial charge in [0.05, 0.1) is 0 Å². The summed E-state index contributed by atoms with van der Waals surface area (Å²) < 4.78 is 0. The van der Waals surface area contributed by atoms with E-state index in [4.69, 9.17) is 0 Å². The average Bonchev–Trinajstić information content (AvgIpc) is 3.53. The number of aromatic hydroxyl groups is 2. The summed E-state index contributed by atoms with van der Waals surface area (Å²) in [5.74, 6) is 1.61. The zero-order chi connectivity index (χ0) is 37.6. The summed E-state index contributed by atoms with van der Waals surface area (Å²) in [6, 6.07) is 28.5. The smallest absolute Gasteiger partial charge is 0.255 e. The van der Waals surface area contributed by atoms with Gasteiger partial charge in [-0.2, -0.15) is 0 Å². The zero-order valence-corrected chi connectivity index (χ0v) is 31.5. The summed E-state index contributed by atoms with van der Waals surface area (Å²) in [5.41, 5.74) is 9.94. The summed E-state index contributed by atoms with van der Waals surface area (Å²) in [6.07, 6.45) is 5.62. The second kappa shape index (κ2) is 14.8. The number of hydrogen-bond acceptors (Lipinski definition) is 7. The molecule has 3 atom stereocenters. The van der Waals surface area contributed by atoms with E-state index in [-0.39, 0.29) is 23.5 Å². The Labute approximate surface area is 323 Å². The largest absolute Gasteiger partial charge is 0.508 e. The minimum atomic E-state index is -0.432. The van der Waals surface area contributed by atoms with Crippen LogP contribution < -0.4 is 15.1 Å². The number of anilines is 2. The summed E-state index contributed by atoms with van der Waals surface area (Å²) >= 11 is 0. The average molecular weight is 738 g/mol. The number of carbonyl (C=O) groups excluding carboxylic acids is 2. The quantitative estimate of drug-likeness (QED) is 0.193. The van der Waals surface area contributed by atoms with E-state index in [2.05, 4.69) is 81.2 Å². The normalized spacial score (nSPS) is 23.5. The molecule has 0 aromatic heterocycles. The van der Waals surface area contributed by atoms with Crippen LogP contribution in [0.1, 0.15) is 82.1 Å². The number of nitrogens with one attached hydrogen (secondary N) is 1. The van der Waals surface area contributed by atoms with Crippen LogP contribution in [0.3, 0.4) is 0 Å². The Morgan fingerprint density at radius 1 is 0.673 bits per heavy atom. The monoisotopic (exact) mass is 737 g/mol. The Morgan fingerprint density at radius 3 is 2.11 bits per heavy atom. The van der Waals surface area contributed by atoms with Crippen LogP contribution in [0.5, 0.6) is 11.5 Å². The minimum Gasteiger partial charge on any atom is -0.508 e. The SMILES string of the molecule is C=C1CCC(N2Cc3cc(N4CCN(CC5CCN(c6ccc([C@H]7c8ccc(O)cc8CC[C@H]7c7ccc(O)cc7)cc6)CC5)CC4)ccc3C2=O)C(=O)N1. The second-order valence-corrected chi connectivity index (χ2v) is 16.3. The molecule has 9 heteroatoms. The van der Waals surface area contributed by atoms with Gasteiger partial charge in [-0.25, -0.2) is 0 Å². The van der Waals surface area contributed by atoms with Gasteiger partial charge in [0.2, 0.25) is 5.91 Å². The number of benzene rings is 4. The number of nitrogens with zero attached hydrogens (tertiary/aromatic N) is 4. The number of amides is 2. The van der Waals surface area contributed by atoms with Crippen molar-refractivity contribution in [3.63, 3.8) is 0 Å². The molecule has 5 aliphatic rings. The first kappa shape index (κ1) is 35.4. The number of piperidine rings is 2. The van der Waals surface area contributed by atoms with E-state index < -0.39 is 6.04 Å². The number of aryl methyl sites for hydroxylation is 1. The summed E-state index contributed by atoms with van der Waals surface area (Å²) in [4.78, 5) is 35.2. The lowest BCUT2D eigenvalue weighted by molar-refractivity contribution is -0.126. The van der Waals surface area contributed by atoms with Crippen molar-refractivity contribution < 1.29 is 19.8 Å². The number of piperazine rings is 1. The number of rotatable bonds is 7. The van der Waals surface area contributed by atoms with Gasteiger partial charge in [0.1, 0.15) is 17.5 Å². The third-order valence-corrected chi connectivity index (χ3v) is 13.0. The molecule has 4 heterocycles. The van der Waals surface area contributed by atoms with Gasteiger partial charge in [-0.1, -0.05) is 36.9 Å². The molecule has 4 aromatic rings. The number of phenols is 2. The van der Waals surface area contributed by atoms with Gasteiger partial charge >= 0.3 is 0 Å². The maximum absolute atomic E-state index is 13.2. The second-order valence-electron chi connectivity index (χ2n) is 16.3. The molecule has 3 fully saturated rings. The van der Waals surface area contributed by atoms with Crippen molar-refractivity contribution in [1.82, 2.24) is 15.1 Å². The highest BCUT2D eigenvalue weighted by atomic mass is 16.3. The summed E-state index contributed by atoms with van der Waals surface area (Å²) in [6.45, 7) is 11.6. The number of fused-ring (bicyclic) bond motifs is 2. The molecule has 4 aliphatic heterocycles. The van der Waals surface area contributed by atoms with Gasteiger partial charge in [0, 0.05) is 80.9 Å². The van der Waals surface area contributed by atoms with E-state index in [1.807, 2.05) is 18.2 Å². The predicted molar refractivity (Wildman–Crippen MR) is 216 cm³/mol. The van der Waals surface area contributed by atoms with Gasteiger partial charge in [-0.3, -0.25) is 14.5 Å². The van der Waals surface area contributed by atoms with Crippen LogP contribution in [-0.4, -0.2) is 83.7 Å². The van der Waals surface area contributed by atoms with E-state index in [0.29, 0.717) is 37.0 Å². The van der Waals surface area contributed by atoms with Crippen molar-refractivity contribution in [2.45, 2.75) is 62.9 Å². The van der Waals surface area contributed by atoms with Crippen molar-refractivity contribution in [3.8, 4) is 11.5 Å². The van der Waals surface area contributed by atoms with Gasteiger partial charge in [-0.05, 0) is 133 Å². The molecule has 0 saturated carbocycles. The zero-order valence-electron chi connectivity index (χ0n) is 31.5. The Balaban J connectivity index is 0.783. The molecule has 4 aromatic carbocycles. The molecule has 3 N–H and O–H groups in total. The van der Waals surface area contributed by atoms with E-state index in [1.165, 1.54) is 40.8 Å². The van der Waals surface area contributed by atoms with Crippen molar-refractivity contribution >= 4 is 23.2 Å². The number of hydrogen-bond donors (Lipinski definition) is 3. The molecule has 284 valence electrons. The highest BCUT2D eigenvalue weighted by Gasteiger charge is 2.38. The number of carbonyl (C=O) groups is 2. The Hall–Kier alpha value is -5.28. The topological polar surface area (TPSA) is 99.6 Å². The highest BCUT2D eigenvalue weighted by Crippen LogP contribution is 2.47. The Bertz CT molecular complexity index is 2080. The van der Waals surface area contributed by atoms with E-state index >= 15 is 0 Å². The van der Waals surface area contributed by atoms with Crippen LogP contribution in [0.25, 0.3) is 0 Å². The molecule has 1 unspecified atom stereocenters. The van der Waals surface area contributed by atoms with Gasteiger partial charge in [0.25, 0.3) is 5.91 Å². The van der Waals surface area contributed by atoms with Crippen LogP contribution in [0.15, 0.2) is 97.2 Å². The Morgan fingerprint density at radius 2 is 1.36 bits per heavy atom. The maximum Gasteiger partial charge on any atom is 0.255 e. The first-order valence-corrected chi connectivity index (χ1v) is 20.1.